The van der Waals surface area contributed by atoms with Crippen molar-refractivity contribution in [1.82, 2.24) is 9.21 Å². The molecule has 0 radical (unpaired) electrons. The molecule has 176 valence electrons. The van der Waals surface area contributed by atoms with E-state index in [1.807, 2.05) is 4.90 Å². The number of ether oxygens (including phenoxy) is 2. The molecule has 1 aliphatic carbocycles. The molecule has 9 heteroatoms. The molecule has 3 fully saturated rings. The molecule has 1 amide bonds. The zero-order chi connectivity index (χ0) is 23.1. The maximum Gasteiger partial charge on any atom is 0.338 e. The summed E-state index contributed by atoms with van der Waals surface area (Å²) < 4.78 is 37.2. The fourth-order valence-corrected chi connectivity index (χ4v) is 7.15. The van der Waals surface area contributed by atoms with E-state index in [0.29, 0.717) is 32.8 Å². The van der Waals surface area contributed by atoms with Gasteiger partial charge in [-0.25, -0.2) is 13.2 Å². The molecule has 8 nitrogen and oxygen atoms in total. The highest BCUT2D eigenvalue weighted by molar-refractivity contribution is 7.89. The number of likely N-dealkylation sites (tertiary alicyclic amines) is 1. The van der Waals surface area contributed by atoms with Gasteiger partial charge in [0.25, 0.3) is 5.91 Å². The van der Waals surface area contributed by atoms with Gasteiger partial charge >= 0.3 is 5.97 Å². The Balaban J connectivity index is 1.35. The van der Waals surface area contributed by atoms with Crippen LogP contribution >= 0.6 is 0 Å². The summed E-state index contributed by atoms with van der Waals surface area (Å²) in [6.45, 7) is 8.46. The number of morpholine rings is 1. The molecule has 2 aliphatic heterocycles. The van der Waals surface area contributed by atoms with Crippen molar-refractivity contribution in [3.63, 3.8) is 0 Å². The van der Waals surface area contributed by atoms with Gasteiger partial charge in [0.05, 0.1) is 23.7 Å². The van der Waals surface area contributed by atoms with E-state index in [4.69, 9.17) is 9.47 Å². The number of amides is 1. The van der Waals surface area contributed by atoms with Gasteiger partial charge in [0.2, 0.25) is 10.0 Å². The standard InChI is InChI=1S/C23H32N2O6S/c1-22(2)12-18-13-23(3,15-22)16-25(18)20(26)14-31-21(27)17-4-6-19(7-5-17)32(28,29)24-8-10-30-11-9-24/h4-7,18H,8-16H2,1-3H3. The number of hydrogen-bond acceptors (Lipinski definition) is 6. The van der Waals surface area contributed by atoms with Gasteiger partial charge in [-0.3, -0.25) is 4.79 Å². The Kier molecular flexibility index (Phi) is 6.11. The summed E-state index contributed by atoms with van der Waals surface area (Å²) in [7, 11) is -3.62. The van der Waals surface area contributed by atoms with E-state index >= 15 is 0 Å². The van der Waals surface area contributed by atoms with Crippen molar-refractivity contribution in [2.75, 3.05) is 39.5 Å². The Bertz CT molecular complexity index is 984. The number of sulfonamides is 1. The first-order valence-corrected chi connectivity index (χ1v) is 12.6. The topological polar surface area (TPSA) is 93.2 Å². The van der Waals surface area contributed by atoms with Crippen LogP contribution in [0.4, 0.5) is 0 Å². The van der Waals surface area contributed by atoms with Crippen LogP contribution in [0.15, 0.2) is 29.2 Å². The lowest BCUT2D eigenvalue weighted by molar-refractivity contribution is -0.135. The quantitative estimate of drug-likeness (QED) is 0.621. The largest absolute Gasteiger partial charge is 0.452 e. The van der Waals surface area contributed by atoms with E-state index in [2.05, 4.69) is 20.8 Å². The predicted octanol–water partition coefficient (Wildman–Crippen LogP) is 2.29. The molecular formula is C23H32N2O6S. The smallest absolute Gasteiger partial charge is 0.338 e. The summed E-state index contributed by atoms with van der Waals surface area (Å²) in [4.78, 5) is 27.2. The second-order valence-corrected chi connectivity index (χ2v) is 12.3. The molecule has 2 atom stereocenters. The molecule has 4 rings (SSSR count). The Labute approximate surface area is 189 Å². The second-order valence-electron chi connectivity index (χ2n) is 10.4. The lowest BCUT2D eigenvalue weighted by Gasteiger charge is -2.39. The zero-order valence-electron chi connectivity index (χ0n) is 19.0. The third kappa shape index (κ3) is 4.70. The van der Waals surface area contributed by atoms with Crippen LogP contribution in [-0.4, -0.2) is 75.0 Å². The maximum atomic E-state index is 12.8. The van der Waals surface area contributed by atoms with Crippen molar-refractivity contribution in [2.24, 2.45) is 10.8 Å². The normalized spacial score (nSPS) is 27.8. The molecule has 1 aromatic carbocycles. The molecule has 32 heavy (non-hydrogen) atoms. The number of hydrogen-bond donors (Lipinski definition) is 0. The molecule has 2 unspecified atom stereocenters. The van der Waals surface area contributed by atoms with Crippen LogP contribution in [0.25, 0.3) is 0 Å². The minimum atomic E-state index is -3.62. The van der Waals surface area contributed by atoms with Crippen molar-refractivity contribution < 1.29 is 27.5 Å². The highest BCUT2D eigenvalue weighted by atomic mass is 32.2. The number of carbonyl (C=O) groups is 2. The summed E-state index contributed by atoms with van der Waals surface area (Å²) in [6, 6.07) is 5.84. The number of benzene rings is 1. The lowest BCUT2D eigenvalue weighted by atomic mass is 9.65. The zero-order valence-corrected chi connectivity index (χ0v) is 19.8. The van der Waals surface area contributed by atoms with E-state index < -0.39 is 16.0 Å². The summed E-state index contributed by atoms with van der Waals surface area (Å²) >= 11 is 0. The van der Waals surface area contributed by atoms with Gasteiger partial charge < -0.3 is 14.4 Å². The highest BCUT2D eigenvalue weighted by Gasteiger charge is 2.50. The Morgan fingerprint density at radius 1 is 1.09 bits per heavy atom. The van der Waals surface area contributed by atoms with Crippen LogP contribution in [0.3, 0.4) is 0 Å². The van der Waals surface area contributed by atoms with Crippen molar-refractivity contribution in [2.45, 2.75) is 51.0 Å². The van der Waals surface area contributed by atoms with E-state index in [9.17, 15) is 18.0 Å². The van der Waals surface area contributed by atoms with Crippen molar-refractivity contribution in [1.29, 1.82) is 0 Å². The first-order chi connectivity index (χ1) is 15.0. The molecule has 0 spiro atoms. The number of esters is 1. The van der Waals surface area contributed by atoms with Crippen molar-refractivity contribution in [3.05, 3.63) is 29.8 Å². The van der Waals surface area contributed by atoms with Crippen molar-refractivity contribution >= 4 is 21.9 Å². The Morgan fingerprint density at radius 2 is 1.75 bits per heavy atom. The van der Waals surface area contributed by atoms with E-state index in [1.165, 1.54) is 28.6 Å². The van der Waals surface area contributed by atoms with Crippen LogP contribution in [-0.2, 0) is 24.3 Å². The van der Waals surface area contributed by atoms with E-state index in [0.717, 1.165) is 19.3 Å². The summed E-state index contributed by atoms with van der Waals surface area (Å²) in [5, 5.41) is 0. The van der Waals surface area contributed by atoms with Gasteiger partial charge in [-0.2, -0.15) is 4.31 Å². The summed E-state index contributed by atoms with van der Waals surface area (Å²) in [5.74, 6) is -0.807. The molecule has 2 heterocycles. The molecule has 0 N–H and O–H groups in total. The number of nitrogens with zero attached hydrogens (tertiary/aromatic N) is 2. The molecule has 1 aromatic rings. The predicted molar refractivity (Wildman–Crippen MR) is 118 cm³/mol. The average molecular weight is 465 g/mol. The maximum absolute atomic E-state index is 12.8. The minimum absolute atomic E-state index is 0.118. The molecule has 2 saturated heterocycles. The van der Waals surface area contributed by atoms with Gasteiger partial charge in [0, 0.05) is 25.7 Å². The van der Waals surface area contributed by atoms with Gasteiger partial charge in [0.1, 0.15) is 0 Å². The first kappa shape index (κ1) is 23.2. The second kappa shape index (κ2) is 8.43. The van der Waals surface area contributed by atoms with E-state index in [1.54, 1.807) is 0 Å². The minimum Gasteiger partial charge on any atom is -0.452 e. The molecule has 3 aliphatic rings. The van der Waals surface area contributed by atoms with Crippen molar-refractivity contribution in [3.8, 4) is 0 Å². The van der Waals surface area contributed by atoms with Crippen LogP contribution < -0.4 is 0 Å². The monoisotopic (exact) mass is 464 g/mol. The van der Waals surface area contributed by atoms with Crippen LogP contribution in [0, 0.1) is 10.8 Å². The fraction of sp³-hybridized carbons (Fsp3) is 0.652. The average Bonchev–Trinajstić information content (AvgIpc) is 3.01. The molecule has 0 aromatic heterocycles. The molecular weight excluding hydrogens is 432 g/mol. The van der Waals surface area contributed by atoms with E-state index in [-0.39, 0.29) is 39.8 Å². The SMILES string of the molecule is CC1(C)CC2CC(C)(CN2C(=O)COC(=O)c2ccc(S(=O)(=O)N3CCOCC3)cc2)C1. The lowest BCUT2D eigenvalue weighted by Crippen LogP contribution is -2.40. The molecule has 1 saturated carbocycles. The number of fused-ring (bicyclic) bond motifs is 2. The third-order valence-electron chi connectivity index (χ3n) is 6.76. The van der Waals surface area contributed by atoms with Gasteiger partial charge in [-0.05, 0) is 54.4 Å². The highest BCUT2D eigenvalue weighted by Crippen LogP contribution is 2.52. The fourth-order valence-electron chi connectivity index (χ4n) is 5.74. The first-order valence-electron chi connectivity index (χ1n) is 11.1. The summed E-state index contributed by atoms with van der Waals surface area (Å²) in [5.41, 5.74) is 0.535. The Hall–Kier alpha value is -1.97. The van der Waals surface area contributed by atoms with Gasteiger partial charge in [0.15, 0.2) is 6.61 Å². The van der Waals surface area contributed by atoms with Gasteiger partial charge in [-0.1, -0.05) is 20.8 Å². The summed E-state index contributed by atoms with van der Waals surface area (Å²) in [6.07, 6.45) is 3.04. The number of rotatable bonds is 5. The van der Waals surface area contributed by atoms with Crippen LogP contribution in [0.5, 0.6) is 0 Å². The number of carbonyl (C=O) groups excluding carboxylic acids is 2. The molecule has 2 bridgehead atoms. The van der Waals surface area contributed by atoms with Crippen LogP contribution in [0.1, 0.15) is 50.4 Å². The third-order valence-corrected chi connectivity index (χ3v) is 8.67. The Morgan fingerprint density at radius 3 is 2.41 bits per heavy atom. The van der Waals surface area contributed by atoms with Gasteiger partial charge in [-0.15, -0.1) is 0 Å². The van der Waals surface area contributed by atoms with Crippen LogP contribution in [0.2, 0.25) is 0 Å².